The number of aryl methyl sites for hydroxylation is 2. The lowest BCUT2D eigenvalue weighted by molar-refractivity contribution is -0.659. The van der Waals surface area contributed by atoms with Crippen LogP contribution in [0.1, 0.15) is 5.56 Å². The molecule has 0 aliphatic carbocycles. The zero-order chi connectivity index (χ0) is 16.5. The molecule has 116 valence electrons. The molecule has 0 atom stereocenters. The van der Waals surface area contributed by atoms with Gasteiger partial charge in [-0.3, -0.25) is 4.98 Å². The number of hydrogen-bond acceptors (Lipinski definition) is 1. The average molecular weight is 311 g/mol. The minimum atomic E-state index is 1.00. The Hall–Kier alpha value is -3.00. The first-order valence-electron chi connectivity index (χ1n) is 8.14. The summed E-state index contributed by atoms with van der Waals surface area (Å²) >= 11 is 0. The lowest BCUT2D eigenvalue weighted by Gasteiger charge is -2.09. The number of fused-ring (bicyclic) bond motifs is 1. The standard InChI is InChI=1S/C22H19N2/c1-16-7-3-4-8-19(16)22-20-15-18(21-9-5-6-13-23-21)11-10-17(20)12-14-24(22)2/h3-15H,1-2H3/q+1. The Bertz CT molecular complexity index is 1020. The molecule has 0 radical (unpaired) electrons. The van der Waals surface area contributed by atoms with E-state index in [1.807, 2.05) is 18.3 Å². The molecule has 2 nitrogen and oxygen atoms in total. The average Bonchev–Trinajstić information content (AvgIpc) is 2.63. The van der Waals surface area contributed by atoms with Gasteiger partial charge in [0.25, 0.3) is 0 Å². The molecule has 0 bridgehead atoms. The van der Waals surface area contributed by atoms with E-state index >= 15 is 0 Å². The molecular formula is C22H19N2+. The predicted octanol–water partition coefficient (Wildman–Crippen LogP) is 4.70. The lowest BCUT2D eigenvalue weighted by Crippen LogP contribution is -2.30. The maximum absolute atomic E-state index is 4.49. The predicted molar refractivity (Wildman–Crippen MR) is 98.5 cm³/mol. The molecule has 0 saturated heterocycles. The van der Waals surface area contributed by atoms with Crippen molar-refractivity contribution in [3.05, 3.63) is 84.7 Å². The summed E-state index contributed by atoms with van der Waals surface area (Å²) in [7, 11) is 2.11. The van der Waals surface area contributed by atoms with Crippen LogP contribution in [0.15, 0.2) is 79.1 Å². The maximum Gasteiger partial charge on any atom is 0.220 e. The molecule has 0 fully saturated rings. The molecular weight excluding hydrogens is 292 g/mol. The quantitative estimate of drug-likeness (QED) is 0.490. The Kier molecular flexibility index (Phi) is 3.58. The van der Waals surface area contributed by atoms with Crippen molar-refractivity contribution in [2.24, 2.45) is 7.05 Å². The highest BCUT2D eigenvalue weighted by Crippen LogP contribution is 2.30. The second-order valence-corrected chi connectivity index (χ2v) is 6.11. The van der Waals surface area contributed by atoms with Crippen molar-refractivity contribution in [2.45, 2.75) is 6.92 Å². The fourth-order valence-electron chi connectivity index (χ4n) is 3.23. The lowest BCUT2D eigenvalue weighted by atomic mass is 9.97. The summed E-state index contributed by atoms with van der Waals surface area (Å²) in [5.41, 5.74) is 5.93. The Balaban J connectivity index is 2.02. The third kappa shape index (κ3) is 2.46. The fourth-order valence-corrected chi connectivity index (χ4v) is 3.23. The molecule has 4 aromatic rings. The minimum Gasteiger partial charge on any atom is -0.256 e. The van der Waals surface area contributed by atoms with E-state index in [2.05, 4.69) is 84.3 Å². The van der Waals surface area contributed by atoms with Gasteiger partial charge in [-0.2, -0.15) is 0 Å². The first-order valence-corrected chi connectivity index (χ1v) is 8.14. The van der Waals surface area contributed by atoms with Gasteiger partial charge in [-0.15, -0.1) is 0 Å². The van der Waals surface area contributed by atoms with Crippen LogP contribution in [0.5, 0.6) is 0 Å². The second kappa shape index (κ2) is 5.89. The topological polar surface area (TPSA) is 16.8 Å². The molecule has 0 amide bonds. The third-order valence-electron chi connectivity index (χ3n) is 4.50. The number of benzene rings is 2. The van der Waals surface area contributed by atoms with Crippen LogP contribution in [0.25, 0.3) is 33.3 Å². The highest BCUT2D eigenvalue weighted by molar-refractivity contribution is 5.96. The first kappa shape index (κ1) is 14.6. The number of pyridine rings is 2. The number of nitrogens with zero attached hydrogens (tertiary/aromatic N) is 2. The van der Waals surface area contributed by atoms with E-state index in [4.69, 9.17) is 0 Å². The van der Waals surface area contributed by atoms with Crippen molar-refractivity contribution in [1.82, 2.24) is 4.98 Å². The van der Waals surface area contributed by atoms with Crippen LogP contribution in [-0.2, 0) is 7.05 Å². The maximum atomic E-state index is 4.49. The van der Waals surface area contributed by atoms with Crippen LogP contribution in [-0.4, -0.2) is 4.98 Å². The normalized spacial score (nSPS) is 10.9. The van der Waals surface area contributed by atoms with Gasteiger partial charge in [0, 0.05) is 23.4 Å². The Labute approximate surface area is 142 Å². The van der Waals surface area contributed by atoms with Crippen LogP contribution < -0.4 is 4.57 Å². The van der Waals surface area contributed by atoms with Crippen LogP contribution >= 0.6 is 0 Å². The van der Waals surface area contributed by atoms with Gasteiger partial charge < -0.3 is 0 Å². The third-order valence-corrected chi connectivity index (χ3v) is 4.50. The van der Waals surface area contributed by atoms with E-state index in [1.165, 1.54) is 27.6 Å². The smallest absolute Gasteiger partial charge is 0.220 e. The van der Waals surface area contributed by atoms with E-state index in [9.17, 15) is 0 Å². The molecule has 0 unspecified atom stereocenters. The van der Waals surface area contributed by atoms with Crippen molar-refractivity contribution < 1.29 is 4.57 Å². The number of aromatic nitrogens is 2. The molecule has 2 aromatic heterocycles. The molecule has 0 N–H and O–H groups in total. The summed E-state index contributed by atoms with van der Waals surface area (Å²) < 4.78 is 2.20. The van der Waals surface area contributed by atoms with Crippen molar-refractivity contribution in [3.8, 4) is 22.5 Å². The molecule has 0 aliphatic rings. The van der Waals surface area contributed by atoms with Gasteiger partial charge in [-0.1, -0.05) is 36.4 Å². The highest BCUT2D eigenvalue weighted by atomic mass is 14.9. The highest BCUT2D eigenvalue weighted by Gasteiger charge is 2.17. The molecule has 0 saturated carbocycles. The second-order valence-electron chi connectivity index (χ2n) is 6.11. The largest absolute Gasteiger partial charge is 0.256 e. The minimum absolute atomic E-state index is 1.00. The van der Waals surface area contributed by atoms with Crippen LogP contribution in [0.4, 0.5) is 0 Å². The van der Waals surface area contributed by atoms with Crippen molar-refractivity contribution in [3.63, 3.8) is 0 Å². The summed E-state index contributed by atoms with van der Waals surface area (Å²) in [6, 6.07) is 23.3. The molecule has 2 heterocycles. The van der Waals surface area contributed by atoms with Gasteiger partial charge in [-0.25, -0.2) is 4.57 Å². The zero-order valence-corrected chi connectivity index (χ0v) is 13.9. The van der Waals surface area contributed by atoms with E-state index in [0.717, 1.165) is 11.3 Å². The first-order chi connectivity index (χ1) is 11.7. The van der Waals surface area contributed by atoms with Gasteiger partial charge in [0.2, 0.25) is 5.69 Å². The van der Waals surface area contributed by atoms with Crippen LogP contribution in [0.3, 0.4) is 0 Å². The van der Waals surface area contributed by atoms with Crippen LogP contribution in [0, 0.1) is 6.92 Å². The van der Waals surface area contributed by atoms with E-state index < -0.39 is 0 Å². The Morgan fingerprint density at radius 3 is 2.50 bits per heavy atom. The van der Waals surface area contributed by atoms with Gasteiger partial charge in [0.15, 0.2) is 6.20 Å². The molecule has 24 heavy (non-hydrogen) atoms. The van der Waals surface area contributed by atoms with E-state index in [0.29, 0.717) is 0 Å². The SMILES string of the molecule is Cc1ccccc1-c1c2cc(-c3ccccn3)ccc2cc[n+]1C. The summed E-state index contributed by atoms with van der Waals surface area (Å²) in [5.74, 6) is 0. The molecule has 2 aromatic carbocycles. The number of rotatable bonds is 2. The molecule has 0 aliphatic heterocycles. The zero-order valence-electron chi connectivity index (χ0n) is 13.9. The summed E-state index contributed by atoms with van der Waals surface area (Å²) in [4.78, 5) is 4.49. The molecule has 4 rings (SSSR count). The number of hydrogen-bond donors (Lipinski definition) is 0. The van der Waals surface area contributed by atoms with Gasteiger partial charge in [0.05, 0.1) is 11.1 Å². The summed E-state index contributed by atoms with van der Waals surface area (Å²) in [6.45, 7) is 2.16. The van der Waals surface area contributed by atoms with E-state index in [1.54, 1.807) is 0 Å². The molecule has 2 heteroatoms. The van der Waals surface area contributed by atoms with E-state index in [-0.39, 0.29) is 0 Å². The fraction of sp³-hybridized carbons (Fsp3) is 0.0909. The summed E-state index contributed by atoms with van der Waals surface area (Å²) in [6.07, 6.45) is 3.97. The molecule has 0 spiro atoms. The Morgan fingerprint density at radius 1 is 0.875 bits per heavy atom. The van der Waals surface area contributed by atoms with Crippen molar-refractivity contribution in [2.75, 3.05) is 0 Å². The summed E-state index contributed by atoms with van der Waals surface area (Å²) in [5, 5.41) is 2.49. The van der Waals surface area contributed by atoms with Crippen molar-refractivity contribution >= 4 is 10.8 Å². The van der Waals surface area contributed by atoms with Gasteiger partial charge in [-0.05, 0) is 42.1 Å². The van der Waals surface area contributed by atoms with Gasteiger partial charge >= 0.3 is 0 Å². The van der Waals surface area contributed by atoms with Crippen molar-refractivity contribution in [1.29, 1.82) is 0 Å². The van der Waals surface area contributed by atoms with Crippen LogP contribution in [0.2, 0.25) is 0 Å². The van der Waals surface area contributed by atoms with Gasteiger partial charge in [0.1, 0.15) is 7.05 Å². The Morgan fingerprint density at radius 2 is 1.71 bits per heavy atom. The monoisotopic (exact) mass is 311 g/mol.